The Morgan fingerprint density at radius 3 is 2.40 bits per heavy atom. The predicted molar refractivity (Wildman–Crippen MR) is 232 cm³/mol. The lowest BCUT2D eigenvalue weighted by atomic mass is 9.94. The molecule has 63 heavy (non-hydrogen) atoms. The van der Waals surface area contributed by atoms with Crippen molar-refractivity contribution in [3.05, 3.63) is 103 Å². The summed E-state index contributed by atoms with van der Waals surface area (Å²) in [5.41, 5.74) is -2.78. The molecule has 3 aromatic heterocycles. The van der Waals surface area contributed by atoms with Gasteiger partial charge >= 0.3 is 16.6 Å². The van der Waals surface area contributed by atoms with Gasteiger partial charge in [0.2, 0.25) is 11.9 Å². The number of halogens is 3. The molecule has 2 N–H and O–H groups in total. The number of fused-ring (bicyclic) bond motifs is 2. The van der Waals surface area contributed by atoms with E-state index in [2.05, 4.69) is 26.6 Å². The van der Waals surface area contributed by atoms with Crippen LogP contribution in [0.25, 0.3) is 21.3 Å². The first-order valence-electron chi connectivity index (χ1n) is 20.5. The number of nitriles is 1. The molecular formula is C42H41F3N13O3S2+. The molecule has 3 aliphatic heterocycles. The third-order valence-electron chi connectivity index (χ3n) is 11.5. The normalized spacial score (nSPS) is 20.3. The average Bonchev–Trinajstić information content (AvgIpc) is 4.04. The van der Waals surface area contributed by atoms with Crippen molar-refractivity contribution >= 4 is 71.1 Å². The van der Waals surface area contributed by atoms with Gasteiger partial charge in [0.1, 0.15) is 17.0 Å². The maximum atomic E-state index is 13.4. The van der Waals surface area contributed by atoms with Gasteiger partial charge in [0.15, 0.2) is 6.04 Å². The van der Waals surface area contributed by atoms with Crippen molar-refractivity contribution in [1.82, 2.24) is 44.4 Å². The maximum absolute atomic E-state index is 13.4. The van der Waals surface area contributed by atoms with Gasteiger partial charge in [-0.2, -0.15) is 28.4 Å². The summed E-state index contributed by atoms with van der Waals surface area (Å²) < 4.78 is 65.1. The number of guanidine groups is 1. The number of sulfone groups is 1. The molecule has 21 heteroatoms. The zero-order valence-corrected chi connectivity index (χ0v) is 35.3. The number of carbonyl (C=O) groups is 1. The molecule has 2 saturated heterocycles. The van der Waals surface area contributed by atoms with Crippen LogP contribution in [0.4, 0.5) is 29.9 Å². The fraction of sp³-hybridized carbons (Fsp3) is 0.333. The number of hydrogen-bond acceptors (Lipinski definition) is 14. The highest BCUT2D eigenvalue weighted by molar-refractivity contribution is 7.92. The Morgan fingerprint density at radius 1 is 0.952 bits per heavy atom. The van der Waals surface area contributed by atoms with Crippen LogP contribution < -0.4 is 15.2 Å². The highest BCUT2D eigenvalue weighted by atomic mass is 32.2. The summed E-state index contributed by atoms with van der Waals surface area (Å²) in [5.74, 6) is 0.0594. The Hall–Kier alpha value is -6.50. The van der Waals surface area contributed by atoms with E-state index in [9.17, 15) is 31.6 Å². The first kappa shape index (κ1) is 41.8. The van der Waals surface area contributed by atoms with Gasteiger partial charge in [0.05, 0.1) is 26.9 Å². The number of amides is 1. The maximum Gasteiger partial charge on any atom is 0.501 e. The number of alkyl halides is 3. The van der Waals surface area contributed by atoms with Crippen molar-refractivity contribution in [2.24, 2.45) is 4.99 Å². The molecule has 3 atom stereocenters. The highest BCUT2D eigenvalue weighted by Gasteiger charge is 2.59. The SMILES string of the molecule is N#CC(c1ccnc(NCCCN2CCCC2=O)n1)C1C=CN=C(N2CCC(Nc3cccc(S(=O)(=O)C(F)(F)F)c3)CC2)[N+]1(c1nc2ccccc2s1)n1nc2ccccc2n1. The Morgan fingerprint density at radius 2 is 1.70 bits per heavy atom. The van der Waals surface area contributed by atoms with Gasteiger partial charge in [-0.25, -0.2) is 18.4 Å². The smallest absolute Gasteiger partial charge is 0.382 e. The third-order valence-corrected chi connectivity index (χ3v) is 14.1. The minimum absolute atomic E-state index is 0.164. The van der Waals surface area contributed by atoms with Crippen LogP contribution in [0.3, 0.4) is 0 Å². The van der Waals surface area contributed by atoms with Crippen molar-refractivity contribution in [2.45, 2.75) is 60.5 Å². The van der Waals surface area contributed by atoms with E-state index in [1.165, 1.54) is 17.4 Å². The number of hydrogen-bond donors (Lipinski definition) is 2. The van der Waals surface area contributed by atoms with Gasteiger partial charge < -0.3 is 20.4 Å². The molecule has 0 bridgehead atoms. The van der Waals surface area contributed by atoms with Crippen LogP contribution in [0.1, 0.15) is 43.7 Å². The lowest BCUT2D eigenvalue weighted by molar-refractivity contribution is -0.127. The predicted octanol–water partition coefficient (Wildman–Crippen LogP) is 6.46. The van der Waals surface area contributed by atoms with Crippen LogP contribution in [-0.2, 0) is 14.6 Å². The molecule has 9 rings (SSSR count). The standard InChI is InChI=1S/C42H41F3N13O3S2/c43-42(44,45)63(60,61)30-9-5-8-29(26-30)50-28-17-24-56(25-18-28)40-49-21-16-36(31(27-46)32-15-20-48-39(51-32)47-19-7-23-55-22-6-14-38(55)59)58(40,41-52-35-12-3-4-13-37(35)62-41)57-53-33-10-1-2-11-34(33)54-57/h1-5,8-13,15-16,20-21,26,28,31,36,50H,6-7,14,17-19,22-25H2,(H,47,48,51)/q+1. The number of aliphatic imine (C=N–C) groups is 1. The minimum Gasteiger partial charge on any atom is -0.382 e. The van der Waals surface area contributed by atoms with E-state index >= 15 is 0 Å². The fourth-order valence-electron chi connectivity index (χ4n) is 8.36. The zero-order valence-electron chi connectivity index (χ0n) is 33.6. The first-order valence-corrected chi connectivity index (χ1v) is 22.8. The number of benzene rings is 3. The molecule has 0 spiro atoms. The number of quaternary nitrogens is 1. The molecule has 0 aliphatic carbocycles. The summed E-state index contributed by atoms with van der Waals surface area (Å²) in [5, 5.41) is 28.4. The lowest BCUT2D eigenvalue weighted by Gasteiger charge is -2.44. The minimum atomic E-state index is -5.53. The fourth-order valence-corrected chi connectivity index (χ4v) is 10.3. The Kier molecular flexibility index (Phi) is 11.3. The molecule has 2 fully saturated rings. The van der Waals surface area contributed by atoms with Crippen LogP contribution in [0, 0.1) is 11.3 Å². The molecule has 16 nitrogen and oxygen atoms in total. The molecule has 1 amide bonds. The van der Waals surface area contributed by atoms with Crippen molar-refractivity contribution in [3.8, 4) is 6.07 Å². The third kappa shape index (κ3) is 7.93. The number of thiazole rings is 1. The molecule has 324 valence electrons. The second-order valence-corrected chi connectivity index (χ2v) is 18.4. The molecule has 3 aromatic carbocycles. The van der Waals surface area contributed by atoms with Crippen LogP contribution in [0.2, 0.25) is 0 Å². The quantitative estimate of drug-likeness (QED) is 0.101. The van der Waals surface area contributed by atoms with E-state index in [1.807, 2.05) is 59.5 Å². The topological polar surface area (TPSA) is 187 Å². The molecule has 0 saturated carbocycles. The summed E-state index contributed by atoms with van der Waals surface area (Å²) in [6.07, 6.45) is 8.27. The van der Waals surface area contributed by atoms with E-state index in [4.69, 9.17) is 25.2 Å². The van der Waals surface area contributed by atoms with Crippen molar-refractivity contribution < 1.29 is 26.4 Å². The number of likely N-dealkylation sites (tertiary alicyclic amines) is 2. The summed E-state index contributed by atoms with van der Waals surface area (Å²) in [6.45, 7) is 2.72. The molecular weight excluding hydrogens is 856 g/mol. The monoisotopic (exact) mass is 896 g/mol. The summed E-state index contributed by atoms with van der Waals surface area (Å²) >= 11 is 1.43. The van der Waals surface area contributed by atoms with E-state index in [0.717, 1.165) is 35.3 Å². The van der Waals surface area contributed by atoms with Crippen molar-refractivity contribution in [1.29, 1.82) is 5.26 Å². The second kappa shape index (κ2) is 17.0. The summed E-state index contributed by atoms with van der Waals surface area (Å²) in [4.78, 5) is 36.4. The Labute approximate surface area is 363 Å². The number of carbonyl (C=O) groups excluding carboxylic acids is 1. The van der Waals surface area contributed by atoms with Gasteiger partial charge in [-0.05, 0) is 80.3 Å². The zero-order chi connectivity index (χ0) is 43.8. The summed E-state index contributed by atoms with van der Waals surface area (Å²) in [7, 11) is -5.53. The highest BCUT2D eigenvalue weighted by Crippen LogP contribution is 2.43. The molecule has 3 unspecified atom stereocenters. The van der Waals surface area contributed by atoms with Crippen LogP contribution in [0.15, 0.2) is 107 Å². The number of nitrogens with zero attached hydrogens (tertiary/aromatic N) is 11. The Balaban J connectivity index is 1.08. The van der Waals surface area contributed by atoms with Gasteiger partial charge in [0.25, 0.3) is 9.84 Å². The largest absolute Gasteiger partial charge is 0.501 e. The van der Waals surface area contributed by atoms with E-state index in [-0.39, 0.29) is 22.2 Å². The Bertz CT molecular complexity index is 2750. The number of aromatic nitrogens is 6. The first-order chi connectivity index (χ1) is 30.5. The van der Waals surface area contributed by atoms with Gasteiger partial charge in [-0.15, -0.1) is 10.2 Å². The number of anilines is 2. The number of piperidine rings is 1. The van der Waals surface area contributed by atoms with E-state index in [1.54, 1.807) is 29.4 Å². The van der Waals surface area contributed by atoms with Gasteiger partial charge in [-0.3, -0.25) is 4.79 Å². The molecule has 3 aliphatic rings. The number of rotatable bonds is 12. The number of nitrogens with one attached hydrogen (secondary N) is 2. The van der Waals surface area contributed by atoms with E-state index in [0.29, 0.717) is 85.6 Å². The lowest BCUT2D eigenvalue weighted by Crippen LogP contribution is -2.71. The molecule has 6 aromatic rings. The van der Waals surface area contributed by atoms with Crippen LogP contribution in [0.5, 0.6) is 0 Å². The van der Waals surface area contributed by atoms with E-state index < -0.39 is 32.2 Å². The van der Waals surface area contributed by atoms with Crippen LogP contribution >= 0.6 is 11.3 Å². The van der Waals surface area contributed by atoms with Crippen LogP contribution in [-0.4, -0.2) is 110 Å². The van der Waals surface area contributed by atoms with Gasteiger partial charge in [-0.1, -0.05) is 46.3 Å². The second-order valence-electron chi connectivity index (χ2n) is 15.4. The van der Waals surface area contributed by atoms with Crippen molar-refractivity contribution in [2.75, 3.05) is 43.4 Å². The summed E-state index contributed by atoms with van der Waals surface area (Å²) in [6, 6.07) is 23.2. The number of para-hydroxylation sites is 1. The van der Waals surface area contributed by atoms with Gasteiger partial charge in [0, 0.05) is 68.2 Å². The molecule has 0 radical (unpaired) electrons. The molecule has 6 heterocycles. The van der Waals surface area contributed by atoms with Crippen molar-refractivity contribution in [3.63, 3.8) is 0 Å². The average molecular weight is 897 g/mol.